The van der Waals surface area contributed by atoms with Crippen LogP contribution >= 0.6 is 0 Å². The Kier molecular flexibility index (Phi) is 7.53. The van der Waals surface area contributed by atoms with E-state index in [-0.39, 0.29) is 30.3 Å². The van der Waals surface area contributed by atoms with Gasteiger partial charge in [-0.05, 0) is 43.9 Å². The highest BCUT2D eigenvalue weighted by molar-refractivity contribution is 6.09. The third-order valence-electron chi connectivity index (χ3n) is 7.23. The summed E-state index contributed by atoms with van der Waals surface area (Å²) in [6, 6.07) is -0.501. The number of amides is 4. The number of urea groups is 1. The molecule has 2 rings (SSSR count). The molecule has 1 unspecified atom stereocenters. The summed E-state index contributed by atoms with van der Waals surface area (Å²) in [4.78, 5) is 52.7. The summed E-state index contributed by atoms with van der Waals surface area (Å²) in [5.74, 6) is -1.02. The van der Waals surface area contributed by atoms with Crippen LogP contribution in [0.1, 0.15) is 66.7 Å². The first-order valence-corrected chi connectivity index (χ1v) is 11.0. The van der Waals surface area contributed by atoms with E-state index in [4.69, 9.17) is 4.74 Å². The molecule has 170 valence electrons. The van der Waals surface area contributed by atoms with Crippen LogP contribution in [-0.4, -0.2) is 65.9 Å². The van der Waals surface area contributed by atoms with Gasteiger partial charge < -0.3 is 15.0 Å². The Morgan fingerprint density at radius 2 is 1.87 bits per heavy atom. The number of esters is 1. The lowest BCUT2D eigenvalue weighted by atomic mass is 9.65. The zero-order valence-electron chi connectivity index (χ0n) is 19.2. The van der Waals surface area contributed by atoms with E-state index >= 15 is 0 Å². The van der Waals surface area contributed by atoms with E-state index in [1.165, 1.54) is 12.0 Å². The van der Waals surface area contributed by atoms with Crippen LogP contribution in [0.3, 0.4) is 0 Å². The fraction of sp³-hybridized carbons (Fsp3) is 0.818. The molecule has 1 atom stereocenters. The minimum absolute atomic E-state index is 0.185. The fourth-order valence-corrected chi connectivity index (χ4v) is 4.59. The molecule has 8 heteroatoms. The molecular weight excluding hydrogens is 386 g/mol. The van der Waals surface area contributed by atoms with Gasteiger partial charge in [0.05, 0.1) is 13.0 Å². The van der Waals surface area contributed by atoms with Crippen molar-refractivity contribution in [2.75, 3.05) is 26.7 Å². The first kappa shape index (κ1) is 24.2. The average Bonchev–Trinajstić information content (AvgIpc) is 2.95. The van der Waals surface area contributed by atoms with Crippen molar-refractivity contribution < 1.29 is 23.9 Å². The molecule has 4 amide bonds. The molecular formula is C22H37N3O5. The number of ether oxygens (including phenoxy) is 1. The summed E-state index contributed by atoms with van der Waals surface area (Å²) in [6.07, 6.45) is 4.04. The number of imide groups is 1. The largest absolute Gasteiger partial charge is 0.469 e. The van der Waals surface area contributed by atoms with Crippen molar-refractivity contribution >= 4 is 23.8 Å². The van der Waals surface area contributed by atoms with Crippen LogP contribution in [0.4, 0.5) is 4.79 Å². The Morgan fingerprint density at radius 1 is 1.27 bits per heavy atom. The standard InChI is InChI=1S/C22H37N3O5/c1-7-21(4,5)16-9-11-22(12-10-16)19(28)25(20(29)23-22)14-17(26)24(8-2)13-15(3)18(27)30-6/h15-16H,7-14H2,1-6H3,(H,23,29). The Balaban J connectivity index is 2.03. The lowest BCUT2D eigenvalue weighted by molar-refractivity contribution is -0.147. The van der Waals surface area contributed by atoms with Crippen molar-refractivity contribution in [1.82, 2.24) is 15.1 Å². The molecule has 8 nitrogen and oxygen atoms in total. The number of hydrogen-bond donors (Lipinski definition) is 1. The molecule has 0 aromatic rings. The van der Waals surface area contributed by atoms with Crippen LogP contribution < -0.4 is 5.32 Å². The molecule has 0 aromatic carbocycles. The fourth-order valence-electron chi connectivity index (χ4n) is 4.59. The van der Waals surface area contributed by atoms with Crippen LogP contribution in [0.15, 0.2) is 0 Å². The topological polar surface area (TPSA) is 96.0 Å². The summed E-state index contributed by atoms with van der Waals surface area (Å²) in [6.45, 7) is 10.4. The molecule has 1 heterocycles. The van der Waals surface area contributed by atoms with Crippen LogP contribution in [0.5, 0.6) is 0 Å². The number of nitrogens with zero attached hydrogens (tertiary/aromatic N) is 2. The van der Waals surface area contributed by atoms with Crippen LogP contribution in [0, 0.1) is 17.3 Å². The van der Waals surface area contributed by atoms with Gasteiger partial charge in [-0.15, -0.1) is 0 Å². The number of nitrogens with one attached hydrogen (secondary N) is 1. The van der Waals surface area contributed by atoms with Gasteiger partial charge in [0, 0.05) is 13.1 Å². The van der Waals surface area contributed by atoms with Crippen molar-refractivity contribution in [3.05, 3.63) is 0 Å². The molecule has 1 aliphatic heterocycles. The van der Waals surface area contributed by atoms with E-state index in [9.17, 15) is 19.2 Å². The normalized spacial score (nSPS) is 25.3. The third kappa shape index (κ3) is 4.78. The molecule has 1 N–H and O–H groups in total. The predicted molar refractivity (Wildman–Crippen MR) is 112 cm³/mol. The summed E-state index contributed by atoms with van der Waals surface area (Å²) < 4.78 is 4.71. The summed E-state index contributed by atoms with van der Waals surface area (Å²) >= 11 is 0. The molecule has 1 spiro atoms. The van der Waals surface area contributed by atoms with Crippen LogP contribution in [0.25, 0.3) is 0 Å². The molecule has 2 fully saturated rings. The molecule has 30 heavy (non-hydrogen) atoms. The maximum absolute atomic E-state index is 13.1. The number of methoxy groups -OCH3 is 1. The molecule has 1 aliphatic carbocycles. The zero-order chi connectivity index (χ0) is 22.7. The summed E-state index contributed by atoms with van der Waals surface area (Å²) in [5, 5.41) is 2.88. The minimum atomic E-state index is -0.881. The summed E-state index contributed by atoms with van der Waals surface area (Å²) in [7, 11) is 1.31. The minimum Gasteiger partial charge on any atom is -0.469 e. The Morgan fingerprint density at radius 3 is 2.37 bits per heavy atom. The van der Waals surface area contributed by atoms with Crippen LogP contribution in [-0.2, 0) is 19.1 Å². The van der Waals surface area contributed by atoms with Gasteiger partial charge in [-0.3, -0.25) is 19.3 Å². The highest BCUT2D eigenvalue weighted by atomic mass is 16.5. The Labute approximate surface area is 179 Å². The lowest BCUT2D eigenvalue weighted by Crippen LogP contribution is -2.51. The van der Waals surface area contributed by atoms with Gasteiger partial charge in [-0.2, -0.15) is 0 Å². The second-order valence-electron chi connectivity index (χ2n) is 9.38. The second-order valence-corrected chi connectivity index (χ2v) is 9.38. The monoisotopic (exact) mass is 423 g/mol. The van der Waals surface area contributed by atoms with Crippen molar-refractivity contribution in [2.24, 2.45) is 17.3 Å². The number of rotatable bonds is 8. The quantitative estimate of drug-likeness (QED) is 0.478. The highest BCUT2D eigenvalue weighted by Crippen LogP contribution is 2.45. The smallest absolute Gasteiger partial charge is 0.325 e. The number of likely N-dealkylation sites (N-methyl/N-ethyl adjacent to an activating group) is 1. The van der Waals surface area contributed by atoms with Crippen molar-refractivity contribution in [3.63, 3.8) is 0 Å². The van der Waals surface area contributed by atoms with Gasteiger partial charge in [0.1, 0.15) is 12.1 Å². The highest BCUT2D eigenvalue weighted by Gasteiger charge is 2.53. The van der Waals surface area contributed by atoms with Gasteiger partial charge in [0.2, 0.25) is 5.91 Å². The van der Waals surface area contributed by atoms with E-state index in [0.29, 0.717) is 25.3 Å². The zero-order valence-corrected chi connectivity index (χ0v) is 19.2. The summed E-state index contributed by atoms with van der Waals surface area (Å²) in [5.41, 5.74) is -0.672. The van der Waals surface area contributed by atoms with Crippen molar-refractivity contribution in [3.8, 4) is 0 Å². The first-order valence-electron chi connectivity index (χ1n) is 11.0. The van der Waals surface area contributed by atoms with E-state index in [1.54, 1.807) is 13.8 Å². The van der Waals surface area contributed by atoms with Gasteiger partial charge >= 0.3 is 12.0 Å². The van der Waals surface area contributed by atoms with Crippen LogP contribution in [0.2, 0.25) is 0 Å². The lowest BCUT2D eigenvalue weighted by Gasteiger charge is -2.42. The van der Waals surface area contributed by atoms with E-state index in [0.717, 1.165) is 24.2 Å². The van der Waals surface area contributed by atoms with Gasteiger partial charge in [-0.1, -0.05) is 34.1 Å². The number of carbonyl (C=O) groups excluding carboxylic acids is 4. The molecule has 1 saturated carbocycles. The van der Waals surface area contributed by atoms with Gasteiger partial charge in [-0.25, -0.2) is 4.79 Å². The SMILES string of the molecule is CCN(CC(C)C(=O)OC)C(=O)CN1C(=O)NC2(CCC(C(C)(C)CC)CC2)C1=O. The molecule has 2 aliphatic rings. The van der Waals surface area contributed by atoms with Gasteiger partial charge in [0.15, 0.2) is 0 Å². The molecule has 0 bridgehead atoms. The Hall–Kier alpha value is -2.12. The average molecular weight is 424 g/mol. The molecule has 1 saturated heterocycles. The van der Waals surface area contributed by atoms with Gasteiger partial charge in [0.25, 0.3) is 5.91 Å². The maximum Gasteiger partial charge on any atom is 0.325 e. The number of hydrogen-bond acceptors (Lipinski definition) is 5. The maximum atomic E-state index is 13.1. The predicted octanol–water partition coefficient (Wildman–Crippen LogP) is 2.56. The van der Waals surface area contributed by atoms with Crippen molar-refractivity contribution in [1.29, 1.82) is 0 Å². The third-order valence-corrected chi connectivity index (χ3v) is 7.23. The first-order chi connectivity index (χ1) is 14.0. The van der Waals surface area contributed by atoms with E-state index in [2.05, 4.69) is 26.1 Å². The van der Waals surface area contributed by atoms with E-state index < -0.39 is 23.5 Å². The van der Waals surface area contributed by atoms with E-state index in [1.807, 2.05) is 0 Å². The Bertz CT molecular complexity index is 682. The second kappa shape index (κ2) is 9.35. The van der Waals surface area contributed by atoms with Crippen molar-refractivity contribution in [2.45, 2.75) is 72.3 Å². The number of carbonyl (C=O) groups is 4. The molecule has 0 radical (unpaired) electrons. The molecule has 0 aromatic heterocycles.